The molecule has 2 aromatic rings. The SMILES string of the molecule is CCCN(CCO)Cc1cc2ccc(C)cc2[nH]c1=O. The van der Waals surface area contributed by atoms with Gasteiger partial charge < -0.3 is 10.1 Å². The number of pyridine rings is 1. The third-order valence-corrected chi connectivity index (χ3v) is 3.43. The summed E-state index contributed by atoms with van der Waals surface area (Å²) in [4.78, 5) is 17.2. The van der Waals surface area contributed by atoms with Crippen LogP contribution in [0.4, 0.5) is 0 Å². The van der Waals surface area contributed by atoms with E-state index in [9.17, 15) is 4.79 Å². The van der Waals surface area contributed by atoms with Gasteiger partial charge in [0.25, 0.3) is 5.56 Å². The fourth-order valence-electron chi connectivity index (χ4n) is 2.45. The molecular formula is C16H22N2O2. The van der Waals surface area contributed by atoms with E-state index in [1.165, 1.54) is 0 Å². The molecule has 2 N–H and O–H groups in total. The van der Waals surface area contributed by atoms with Crippen LogP contribution in [0, 0.1) is 6.92 Å². The van der Waals surface area contributed by atoms with Crippen molar-refractivity contribution in [3.8, 4) is 0 Å². The second kappa shape index (κ2) is 6.68. The van der Waals surface area contributed by atoms with Crippen molar-refractivity contribution in [2.45, 2.75) is 26.8 Å². The zero-order valence-corrected chi connectivity index (χ0v) is 12.1. The summed E-state index contributed by atoms with van der Waals surface area (Å²) in [5, 5.41) is 10.1. The highest BCUT2D eigenvalue weighted by Crippen LogP contribution is 2.14. The van der Waals surface area contributed by atoms with Crippen molar-refractivity contribution >= 4 is 10.9 Å². The summed E-state index contributed by atoms with van der Waals surface area (Å²) < 4.78 is 0. The lowest BCUT2D eigenvalue weighted by atomic mass is 10.1. The second-order valence-electron chi connectivity index (χ2n) is 5.21. The Labute approximate surface area is 119 Å². The fraction of sp³-hybridized carbons (Fsp3) is 0.438. The summed E-state index contributed by atoms with van der Waals surface area (Å²) in [7, 11) is 0. The third kappa shape index (κ3) is 3.46. The van der Waals surface area contributed by atoms with Crippen LogP contribution in [0.15, 0.2) is 29.1 Å². The molecule has 0 saturated heterocycles. The number of aromatic amines is 1. The first-order valence-corrected chi connectivity index (χ1v) is 7.10. The molecule has 0 bridgehead atoms. The number of H-pyrrole nitrogens is 1. The van der Waals surface area contributed by atoms with Crippen LogP contribution in [-0.4, -0.2) is 34.7 Å². The van der Waals surface area contributed by atoms with Gasteiger partial charge in [-0.1, -0.05) is 19.1 Å². The van der Waals surface area contributed by atoms with Crippen molar-refractivity contribution in [1.29, 1.82) is 0 Å². The van der Waals surface area contributed by atoms with E-state index in [2.05, 4.69) is 16.8 Å². The molecular weight excluding hydrogens is 252 g/mol. The van der Waals surface area contributed by atoms with Gasteiger partial charge in [-0.2, -0.15) is 0 Å². The molecule has 20 heavy (non-hydrogen) atoms. The summed E-state index contributed by atoms with van der Waals surface area (Å²) in [6.07, 6.45) is 1.00. The van der Waals surface area contributed by atoms with Gasteiger partial charge in [0.2, 0.25) is 0 Å². The average Bonchev–Trinajstić information content (AvgIpc) is 2.40. The highest BCUT2D eigenvalue weighted by Gasteiger charge is 2.09. The molecule has 0 aliphatic rings. The number of hydrogen-bond donors (Lipinski definition) is 2. The quantitative estimate of drug-likeness (QED) is 0.847. The van der Waals surface area contributed by atoms with Crippen LogP contribution in [0.3, 0.4) is 0 Å². The van der Waals surface area contributed by atoms with Crippen LogP contribution in [0.1, 0.15) is 24.5 Å². The van der Waals surface area contributed by atoms with Gasteiger partial charge in [-0.05, 0) is 43.0 Å². The molecule has 0 radical (unpaired) electrons. The minimum atomic E-state index is -0.0397. The Morgan fingerprint density at radius 1 is 1.25 bits per heavy atom. The van der Waals surface area contributed by atoms with E-state index in [0.717, 1.165) is 35.0 Å². The van der Waals surface area contributed by atoms with Crippen LogP contribution in [0.25, 0.3) is 10.9 Å². The molecule has 0 fully saturated rings. The Balaban J connectivity index is 2.31. The van der Waals surface area contributed by atoms with E-state index in [-0.39, 0.29) is 12.2 Å². The number of aromatic nitrogens is 1. The molecule has 1 aromatic heterocycles. The van der Waals surface area contributed by atoms with E-state index in [0.29, 0.717) is 13.1 Å². The molecule has 0 unspecified atom stereocenters. The zero-order chi connectivity index (χ0) is 14.5. The van der Waals surface area contributed by atoms with Crippen molar-refractivity contribution in [2.75, 3.05) is 19.7 Å². The predicted octanol–water partition coefficient (Wildman–Crippen LogP) is 2.04. The van der Waals surface area contributed by atoms with Gasteiger partial charge in [0, 0.05) is 24.2 Å². The number of hydrogen-bond acceptors (Lipinski definition) is 3. The lowest BCUT2D eigenvalue weighted by Crippen LogP contribution is -2.30. The summed E-state index contributed by atoms with van der Waals surface area (Å²) in [5.74, 6) is 0. The lowest BCUT2D eigenvalue weighted by Gasteiger charge is -2.20. The number of aliphatic hydroxyl groups excluding tert-OH is 1. The van der Waals surface area contributed by atoms with Gasteiger partial charge in [0.05, 0.1) is 6.61 Å². The van der Waals surface area contributed by atoms with Gasteiger partial charge in [0.15, 0.2) is 0 Å². The predicted molar refractivity (Wildman–Crippen MR) is 82.0 cm³/mol. The molecule has 4 heteroatoms. The molecule has 0 spiro atoms. The molecule has 2 rings (SSSR count). The number of rotatable bonds is 6. The molecule has 1 aromatic carbocycles. The lowest BCUT2D eigenvalue weighted by molar-refractivity contribution is 0.190. The number of fused-ring (bicyclic) bond motifs is 1. The van der Waals surface area contributed by atoms with E-state index < -0.39 is 0 Å². The normalized spacial score (nSPS) is 11.4. The smallest absolute Gasteiger partial charge is 0.252 e. The Morgan fingerprint density at radius 2 is 2.05 bits per heavy atom. The van der Waals surface area contributed by atoms with Crippen molar-refractivity contribution in [1.82, 2.24) is 9.88 Å². The van der Waals surface area contributed by atoms with Crippen LogP contribution in [0.2, 0.25) is 0 Å². The first-order chi connectivity index (χ1) is 9.63. The first-order valence-electron chi connectivity index (χ1n) is 7.10. The van der Waals surface area contributed by atoms with E-state index in [1.807, 2.05) is 31.2 Å². The van der Waals surface area contributed by atoms with E-state index in [4.69, 9.17) is 5.11 Å². The standard InChI is InChI=1S/C16H22N2O2/c1-3-6-18(7-8-19)11-14-10-13-5-4-12(2)9-15(13)17-16(14)20/h4-5,9-10,19H,3,6-8,11H2,1-2H3,(H,17,20). The van der Waals surface area contributed by atoms with Crippen LogP contribution >= 0.6 is 0 Å². The average molecular weight is 274 g/mol. The maximum atomic E-state index is 12.1. The summed E-state index contributed by atoms with van der Waals surface area (Å²) in [6, 6.07) is 8.01. The van der Waals surface area contributed by atoms with Gasteiger partial charge >= 0.3 is 0 Å². The van der Waals surface area contributed by atoms with Gasteiger partial charge in [0.1, 0.15) is 0 Å². The van der Waals surface area contributed by atoms with Gasteiger partial charge in [-0.25, -0.2) is 0 Å². The molecule has 4 nitrogen and oxygen atoms in total. The molecule has 0 aliphatic carbocycles. The molecule has 0 atom stereocenters. The largest absolute Gasteiger partial charge is 0.395 e. The maximum absolute atomic E-state index is 12.1. The van der Waals surface area contributed by atoms with Crippen molar-refractivity contribution < 1.29 is 5.11 Å². The monoisotopic (exact) mass is 274 g/mol. The van der Waals surface area contributed by atoms with Crippen molar-refractivity contribution in [2.24, 2.45) is 0 Å². The van der Waals surface area contributed by atoms with Crippen LogP contribution in [-0.2, 0) is 6.54 Å². The molecule has 0 amide bonds. The zero-order valence-electron chi connectivity index (χ0n) is 12.1. The highest BCUT2D eigenvalue weighted by molar-refractivity contribution is 5.79. The minimum Gasteiger partial charge on any atom is -0.395 e. The Morgan fingerprint density at radius 3 is 2.75 bits per heavy atom. The number of aryl methyl sites for hydroxylation is 1. The number of aliphatic hydroxyl groups is 1. The highest BCUT2D eigenvalue weighted by atomic mass is 16.3. The molecule has 0 saturated carbocycles. The van der Waals surface area contributed by atoms with E-state index >= 15 is 0 Å². The van der Waals surface area contributed by atoms with Gasteiger partial charge in [-0.15, -0.1) is 0 Å². The second-order valence-corrected chi connectivity index (χ2v) is 5.21. The molecule has 0 aliphatic heterocycles. The summed E-state index contributed by atoms with van der Waals surface area (Å²) in [5.41, 5.74) is 2.72. The Hall–Kier alpha value is -1.65. The summed E-state index contributed by atoms with van der Waals surface area (Å²) in [6.45, 7) is 6.27. The minimum absolute atomic E-state index is 0.0397. The Kier molecular flexibility index (Phi) is 4.93. The Bertz CT molecular complexity index is 628. The van der Waals surface area contributed by atoms with Crippen LogP contribution in [0.5, 0.6) is 0 Å². The molecule has 1 heterocycles. The molecule has 108 valence electrons. The maximum Gasteiger partial charge on any atom is 0.252 e. The number of nitrogens with zero attached hydrogens (tertiary/aromatic N) is 1. The number of benzene rings is 1. The van der Waals surface area contributed by atoms with E-state index in [1.54, 1.807) is 0 Å². The van der Waals surface area contributed by atoms with Crippen molar-refractivity contribution in [3.63, 3.8) is 0 Å². The van der Waals surface area contributed by atoms with Crippen molar-refractivity contribution in [3.05, 3.63) is 45.7 Å². The number of nitrogens with one attached hydrogen (secondary N) is 1. The third-order valence-electron chi connectivity index (χ3n) is 3.43. The summed E-state index contributed by atoms with van der Waals surface area (Å²) >= 11 is 0. The first kappa shape index (κ1) is 14.8. The fourth-order valence-corrected chi connectivity index (χ4v) is 2.45. The topological polar surface area (TPSA) is 56.3 Å². The van der Waals surface area contributed by atoms with Crippen LogP contribution < -0.4 is 5.56 Å². The van der Waals surface area contributed by atoms with Gasteiger partial charge in [-0.3, -0.25) is 9.69 Å².